The van der Waals surface area contributed by atoms with Gasteiger partial charge in [-0.2, -0.15) is 0 Å². The lowest BCUT2D eigenvalue weighted by molar-refractivity contribution is 0.679. The number of hydrogen-bond acceptors (Lipinski definition) is 1. The van der Waals surface area contributed by atoms with Crippen LogP contribution in [0, 0.1) is 0 Å². The highest BCUT2D eigenvalue weighted by molar-refractivity contribution is 5.86. The molecule has 0 aliphatic rings. The summed E-state index contributed by atoms with van der Waals surface area (Å²) in [5, 5.41) is 3.80. The van der Waals surface area contributed by atoms with Gasteiger partial charge in [-0.25, -0.2) is 4.98 Å². The molecule has 3 nitrogen and oxygen atoms in total. The Labute approximate surface area is 152 Å². The molecular weight excluding hydrogens is 318 g/mol. The number of imidazole rings is 1. The minimum Gasteiger partial charge on any atom is -0.350 e. The summed E-state index contributed by atoms with van der Waals surface area (Å²) in [4.78, 5) is 4.30. The normalized spacial score (nSPS) is 12.7. The van der Waals surface area contributed by atoms with E-state index in [0.29, 0.717) is 0 Å². The van der Waals surface area contributed by atoms with E-state index in [-0.39, 0.29) is 6.04 Å². The third-order valence-electron chi connectivity index (χ3n) is 5.13. The molecule has 0 radical (unpaired) electrons. The van der Waals surface area contributed by atoms with Crippen molar-refractivity contribution in [3.8, 4) is 0 Å². The smallest absolute Gasteiger partial charge is 0.0954 e. The summed E-state index contributed by atoms with van der Waals surface area (Å²) < 4.78 is 4.39. The highest BCUT2D eigenvalue weighted by Crippen LogP contribution is 2.34. The molecule has 0 aliphatic carbocycles. The Morgan fingerprint density at radius 3 is 2.54 bits per heavy atom. The Morgan fingerprint density at radius 2 is 1.69 bits per heavy atom. The summed E-state index contributed by atoms with van der Waals surface area (Å²) in [5.74, 6) is 0. The van der Waals surface area contributed by atoms with Crippen LogP contribution in [0.1, 0.15) is 17.2 Å². The fraction of sp³-hybridized carbons (Fsp3) is 0.0870. The number of hydrogen-bond donors (Lipinski definition) is 0. The van der Waals surface area contributed by atoms with Gasteiger partial charge in [0.05, 0.1) is 12.4 Å². The average Bonchev–Trinajstić information content (AvgIpc) is 3.32. The number of para-hydroxylation sites is 1. The van der Waals surface area contributed by atoms with E-state index in [1.165, 1.54) is 32.8 Å². The van der Waals surface area contributed by atoms with Gasteiger partial charge in [-0.3, -0.25) is 0 Å². The molecular formula is C23H19N3. The zero-order chi connectivity index (χ0) is 17.5. The molecule has 0 bridgehead atoms. The standard InChI is InChI=1S/C23H19N3/c1-25-15-21(20-8-4-5-9-22(20)25)23(26-13-12-24-16-26)19-11-10-17-6-2-3-7-18(17)14-19/h2-16,23H,1H3. The van der Waals surface area contributed by atoms with Crippen LogP contribution in [0.15, 0.2) is 91.6 Å². The fourth-order valence-corrected chi connectivity index (χ4v) is 3.90. The van der Waals surface area contributed by atoms with Gasteiger partial charge < -0.3 is 9.13 Å². The van der Waals surface area contributed by atoms with Gasteiger partial charge in [0.1, 0.15) is 0 Å². The topological polar surface area (TPSA) is 22.8 Å². The second kappa shape index (κ2) is 5.88. The van der Waals surface area contributed by atoms with Crippen molar-refractivity contribution in [1.29, 1.82) is 0 Å². The maximum atomic E-state index is 4.30. The third-order valence-corrected chi connectivity index (χ3v) is 5.13. The van der Waals surface area contributed by atoms with Crippen LogP contribution in [0.5, 0.6) is 0 Å². The molecule has 5 aromatic rings. The molecule has 0 aliphatic heterocycles. The molecule has 0 saturated heterocycles. The second-order valence-electron chi connectivity index (χ2n) is 6.73. The van der Waals surface area contributed by atoms with Crippen LogP contribution in [0.3, 0.4) is 0 Å². The van der Waals surface area contributed by atoms with Crippen molar-refractivity contribution in [2.75, 3.05) is 0 Å². The lowest BCUT2D eigenvalue weighted by Crippen LogP contribution is -2.10. The predicted octanol–water partition coefficient (Wildman–Crippen LogP) is 5.17. The van der Waals surface area contributed by atoms with E-state index in [1.807, 2.05) is 18.7 Å². The highest BCUT2D eigenvalue weighted by atomic mass is 15.1. The average molecular weight is 337 g/mol. The fourth-order valence-electron chi connectivity index (χ4n) is 3.90. The summed E-state index contributed by atoms with van der Waals surface area (Å²) in [6, 6.07) is 23.9. The van der Waals surface area contributed by atoms with Crippen LogP contribution < -0.4 is 0 Å². The van der Waals surface area contributed by atoms with Crippen molar-refractivity contribution >= 4 is 21.7 Å². The highest BCUT2D eigenvalue weighted by Gasteiger charge is 2.20. The van der Waals surface area contributed by atoms with Gasteiger partial charge in [0, 0.05) is 42.1 Å². The van der Waals surface area contributed by atoms with Crippen LogP contribution in [-0.2, 0) is 7.05 Å². The molecule has 126 valence electrons. The number of nitrogens with zero attached hydrogens (tertiary/aromatic N) is 3. The molecule has 1 unspecified atom stereocenters. The molecule has 0 spiro atoms. The minimum atomic E-state index is 0.0909. The third kappa shape index (κ3) is 2.32. The van der Waals surface area contributed by atoms with Crippen molar-refractivity contribution in [1.82, 2.24) is 14.1 Å². The van der Waals surface area contributed by atoms with E-state index in [0.717, 1.165) is 0 Å². The van der Waals surface area contributed by atoms with Gasteiger partial charge in [0.15, 0.2) is 0 Å². The lowest BCUT2D eigenvalue weighted by atomic mass is 9.95. The van der Waals surface area contributed by atoms with Crippen LogP contribution >= 0.6 is 0 Å². The summed E-state index contributed by atoms with van der Waals surface area (Å²) in [7, 11) is 2.11. The number of benzene rings is 3. The zero-order valence-corrected chi connectivity index (χ0v) is 14.6. The number of aromatic nitrogens is 3. The molecule has 2 aromatic heterocycles. The first-order valence-electron chi connectivity index (χ1n) is 8.81. The SMILES string of the molecule is Cn1cc(C(c2ccc3ccccc3c2)n2ccnc2)c2ccccc21. The zero-order valence-electron chi connectivity index (χ0n) is 14.6. The van der Waals surface area contributed by atoms with Gasteiger partial charge >= 0.3 is 0 Å². The Morgan fingerprint density at radius 1 is 0.885 bits per heavy atom. The molecule has 5 rings (SSSR count). The van der Waals surface area contributed by atoms with Crippen molar-refractivity contribution in [3.05, 3.63) is 103 Å². The van der Waals surface area contributed by atoms with Gasteiger partial charge in [0.25, 0.3) is 0 Å². The van der Waals surface area contributed by atoms with E-state index >= 15 is 0 Å². The molecule has 0 amide bonds. The molecule has 26 heavy (non-hydrogen) atoms. The Kier molecular flexibility index (Phi) is 3.39. The first-order valence-corrected chi connectivity index (χ1v) is 8.81. The molecule has 0 fully saturated rings. The first kappa shape index (κ1) is 15.0. The molecule has 3 aromatic carbocycles. The van der Waals surface area contributed by atoms with E-state index in [4.69, 9.17) is 0 Å². The van der Waals surface area contributed by atoms with Crippen molar-refractivity contribution in [2.45, 2.75) is 6.04 Å². The minimum absolute atomic E-state index is 0.0909. The Bertz CT molecular complexity index is 1200. The number of aryl methyl sites for hydroxylation is 1. The lowest BCUT2D eigenvalue weighted by Gasteiger charge is -2.19. The summed E-state index contributed by atoms with van der Waals surface area (Å²) in [6.07, 6.45) is 8.03. The van der Waals surface area contributed by atoms with Crippen LogP contribution in [0.2, 0.25) is 0 Å². The number of rotatable bonds is 3. The van der Waals surface area contributed by atoms with E-state index in [9.17, 15) is 0 Å². The van der Waals surface area contributed by atoms with Crippen LogP contribution in [0.4, 0.5) is 0 Å². The van der Waals surface area contributed by atoms with Crippen LogP contribution in [-0.4, -0.2) is 14.1 Å². The summed E-state index contributed by atoms with van der Waals surface area (Å²) in [6.45, 7) is 0. The van der Waals surface area contributed by atoms with Crippen molar-refractivity contribution < 1.29 is 0 Å². The molecule has 0 saturated carbocycles. The summed E-state index contributed by atoms with van der Waals surface area (Å²) in [5.41, 5.74) is 3.79. The quantitative estimate of drug-likeness (QED) is 0.445. The molecule has 3 heteroatoms. The van der Waals surface area contributed by atoms with E-state index in [2.05, 4.69) is 94.1 Å². The summed E-state index contributed by atoms with van der Waals surface area (Å²) >= 11 is 0. The predicted molar refractivity (Wildman–Crippen MR) is 106 cm³/mol. The van der Waals surface area contributed by atoms with Gasteiger partial charge in [-0.05, 0) is 28.5 Å². The Hall–Kier alpha value is -3.33. The largest absolute Gasteiger partial charge is 0.350 e. The molecule has 1 atom stereocenters. The van der Waals surface area contributed by atoms with E-state index in [1.54, 1.807) is 0 Å². The van der Waals surface area contributed by atoms with Crippen molar-refractivity contribution in [2.24, 2.45) is 7.05 Å². The Balaban J connectivity index is 1.77. The number of fused-ring (bicyclic) bond motifs is 2. The second-order valence-corrected chi connectivity index (χ2v) is 6.73. The monoisotopic (exact) mass is 337 g/mol. The molecule has 2 heterocycles. The first-order chi connectivity index (χ1) is 12.8. The van der Waals surface area contributed by atoms with Gasteiger partial charge in [0.2, 0.25) is 0 Å². The van der Waals surface area contributed by atoms with Gasteiger partial charge in [-0.1, -0.05) is 54.6 Å². The maximum Gasteiger partial charge on any atom is 0.0954 e. The van der Waals surface area contributed by atoms with E-state index < -0.39 is 0 Å². The van der Waals surface area contributed by atoms with Crippen molar-refractivity contribution in [3.63, 3.8) is 0 Å². The maximum absolute atomic E-state index is 4.30. The molecule has 0 N–H and O–H groups in total. The van der Waals surface area contributed by atoms with Crippen LogP contribution in [0.25, 0.3) is 21.7 Å². The van der Waals surface area contributed by atoms with Gasteiger partial charge in [-0.15, -0.1) is 0 Å².